The zero-order valence-corrected chi connectivity index (χ0v) is 10.1. The van der Waals surface area contributed by atoms with Gasteiger partial charge in [-0.1, -0.05) is 6.07 Å². The van der Waals surface area contributed by atoms with Crippen molar-refractivity contribution in [1.82, 2.24) is 4.98 Å². The number of fused-ring (bicyclic) bond motifs is 1. The first-order chi connectivity index (χ1) is 9.10. The van der Waals surface area contributed by atoms with Gasteiger partial charge in [0.25, 0.3) is 0 Å². The Morgan fingerprint density at radius 1 is 1.42 bits per heavy atom. The largest absolute Gasteiger partial charge is 0.463 e. The van der Waals surface area contributed by atoms with Crippen LogP contribution in [-0.4, -0.2) is 17.6 Å². The number of hydrogen-bond donors (Lipinski definition) is 1. The van der Waals surface area contributed by atoms with E-state index in [1.807, 2.05) is 0 Å². The summed E-state index contributed by atoms with van der Waals surface area (Å²) in [6.45, 7) is 2.01. The van der Waals surface area contributed by atoms with Crippen molar-refractivity contribution in [2.75, 3.05) is 6.61 Å². The molecule has 1 aromatic carbocycles. The lowest BCUT2D eigenvalue weighted by atomic mass is 10.1. The first-order valence-corrected chi connectivity index (χ1v) is 5.62. The van der Waals surface area contributed by atoms with Crippen LogP contribution in [0.25, 0.3) is 17.0 Å². The molecular weight excluding hydrogens is 250 g/mol. The van der Waals surface area contributed by atoms with Crippen LogP contribution in [0.5, 0.6) is 0 Å². The van der Waals surface area contributed by atoms with Crippen LogP contribution >= 0.6 is 0 Å². The van der Waals surface area contributed by atoms with E-state index in [0.29, 0.717) is 17.7 Å². The van der Waals surface area contributed by atoms with Crippen LogP contribution in [0.4, 0.5) is 0 Å². The Hall–Kier alpha value is -2.63. The van der Waals surface area contributed by atoms with E-state index in [0.717, 1.165) is 0 Å². The monoisotopic (exact) mass is 261 g/mol. The molecule has 0 atom stereocenters. The molecule has 0 bridgehead atoms. The maximum atomic E-state index is 11.5. The number of hydrogen-bond acceptors (Lipinski definition) is 5. The van der Waals surface area contributed by atoms with E-state index >= 15 is 0 Å². The van der Waals surface area contributed by atoms with Gasteiger partial charge in [0.1, 0.15) is 0 Å². The summed E-state index contributed by atoms with van der Waals surface area (Å²) in [6, 6.07) is 4.75. The van der Waals surface area contributed by atoms with Crippen LogP contribution in [0.2, 0.25) is 0 Å². The summed E-state index contributed by atoms with van der Waals surface area (Å²) in [6.07, 6.45) is 2.78. The average Bonchev–Trinajstić information content (AvgIpc) is 2.37. The minimum Gasteiger partial charge on any atom is -0.463 e. The van der Waals surface area contributed by atoms with E-state index in [1.54, 1.807) is 19.1 Å². The Balaban J connectivity index is 2.40. The summed E-state index contributed by atoms with van der Waals surface area (Å²) >= 11 is 0. The van der Waals surface area contributed by atoms with Crippen LogP contribution in [-0.2, 0) is 9.53 Å². The fraction of sp³-hybridized carbons (Fsp3) is 0.154. The van der Waals surface area contributed by atoms with Crippen molar-refractivity contribution in [3.63, 3.8) is 0 Å². The molecule has 0 saturated heterocycles. The van der Waals surface area contributed by atoms with E-state index in [-0.39, 0.29) is 5.39 Å². The van der Waals surface area contributed by atoms with E-state index in [4.69, 9.17) is 4.74 Å². The number of nitrogens with one attached hydrogen (secondary N) is 1. The summed E-state index contributed by atoms with van der Waals surface area (Å²) in [5.41, 5.74) is 0.291. The Labute approximate surface area is 107 Å². The Morgan fingerprint density at radius 3 is 2.95 bits per heavy atom. The molecule has 0 unspecified atom stereocenters. The van der Waals surface area contributed by atoms with Crippen molar-refractivity contribution in [3.05, 3.63) is 50.8 Å². The molecule has 0 aliphatic carbocycles. The van der Waals surface area contributed by atoms with Gasteiger partial charge in [0.15, 0.2) is 0 Å². The fourth-order valence-electron chi connectivity index (χ4n) is 1.57. The lowest BCUT2D eigenvalue weighted by Gasteiger charge is -1.98. The standard InChI is InChI=1S/C13H11NO5/c1-2-18-11(15)6-4-8-3-5-10-9(7-8)12(16)19-13(17)14-10/h3-7H,2H2,1H3,(H,14,17). The van der Waals surface area contributed by atoms with Crippen LogP contribution < -0.4 is 11.4 Å². The number of aromatic amines is 1. The highest BCUT2D eigenvalue weighted by atomic mass is 16.5. The Bertz CT molecular complexity index is 753. The normalized spacial score (nSPS) is 11.0. The van der Waals surface area contributed by atoms with Gasteiger partial charge in [-0.3, -0.25) is 4.98 Å². The van der Waals surface area contributed by atoms with E-state index in [9.17, 15) is 14.4 Å². The highest BCUT2D eigenvalue weighted by Crippen LogP contribution is 2.10. The number of carbonyl (C=O) groups excluding carboxylic acids is 1. The number of esters is 1. The van der Waals surface area contributed by atoms with Gasteiger partial charge in [0.2, 0.25) is 0 Å². The van der Waals surface area contributed by atoms with E-state index < -0.39 is 17.4 Å². The summed E-state index contributed by atoms with van der Waals surface area (Å²) < 4.78 is 9.16. The molecule has 2 aromatic rings. The lowest BCUT2D eigenvalue weighted by molar-refractivity contribution is -0.137. The van der Waals surface area contributed by atoms with E-state index in [2.05, 4.69) is 9.40 Å². The molecule has 6 heteroatoms. The number of ether oxygens (including phenoxy) is 1. The number of aromatic nitrogens is 1. The van der Waals surface area contributed by atoms with Crippen molar-refractivity contribution in [3.8, 4) is 0 Å². The van der Waals surface area contributed by atoms with Crippen LogP contribution in [0.1, 0.15) is 12.5 Å². The quantitative estimate of drug-likeness (QED) is 0.659. The van der Waals surface area contributed by atoms with E-state index in [1.165, 1.54) is 18.2 Å². The molecule has 1 heterocycles. The minimum atomic E-state index is -0.799. The highest BCUT2D eigenvalue weighted by Gasteiger charge is 2.03. The molecule has 0 spiro atoms. The molecule has 0 aliphatic heterocycles. The van der Waals surface area contributed by atoms with Crippen molar-refractivity contribution >= 4 is 22.9 Å². The van der Waals surface area contributed by atoms with Crippen molar-refractivity contribution in [2.45, 2.75) is 6.92 Å². The molecule has 6 nitrogen and oxygen atoms in total. The Kier molecular flexibility index (Phi) is 3.61. The maximum absolute atomic E-state index is 11.5. The second-order valence-electron chi connectivity index (χ2n) is 3.69. The number of benzene rings is 1. The summed E-state index contributed by atoms with van der Waals surface area (Å²) in [5, 5.41) is 0.241. The second-order valence-corrected chi connectivity index (χ2v) is 3.69. The van der Waals surface area contributed by atoms with Gasteiger partial charge in [-0.25, -0.2) is 14.4 Å². The maximum Gasteiger partial charge on any atom is 0.419 e. The van der Waals surface area contributed by atoms with Crippen LogP contribution in [0, 0.1) is 0 Å². The summed E-state index contributed by atoms with van der Waals surface area (Å²) in [7, 11) is 0. The third-order valence-electron chi connectivity index (χ3n) is 2.38. The van der Waals surface area contributed by atoms with Gasteiger partial charge in [-0.15, -0.1) is 0 Å². The molecule has 1 aromatic heterocycles. The predicted molar refractivity (Wildman–Crippen MR) is 68.8 cm³/mol. The molecule has 0 aliphatic rings. The van der Waals surface area contributed by atoms with Gasteiger partial charge in [0, 0.05) is 6.08 Å². The molecular formula is C13H11NO5. The third kappa shape index (κ3) is 2.98. The predicted octanol–water partition coefficient (Wildman–Crippen LogP) is 1.06. The van der Waals surface area contributed by atoms with Gasteiger partial charge in [-0.2, -0.15) is 0 Å². The fourth-order valence-corrected chi connectivity index (χ4v) is 1.57. The first-order valence-electron chi connectivity index (χ1n) is 5.62. The number of H-pyrrole nitrogens is 1. The van der Waals surface area contributed by atoms with Gasteiger partial charge >= 0.3 is 17.4 Å². The molecule has 0 amide bonds. The smallest absolute Gasteiger partial charge is 0.419 e. The van der Waals surface area contributed by atoms with Gasteiger partial charge < -0.3 is 9.15 Å². The SMILES string of the molecule is CCOC(=O)C=Cc1ccc2[nH]c(=O)oc(=O)c2c1. The third-order valence-corrected chi connectivity index (χ3v) is 2.38. The molecule has 98 valence electrons. The van der Waals surface area contributed by atoms with Gasteiger partial charge in [0.05, 0.1) is 17.5 Å². The van der Waals surface area contributed by atoms with Crippen molar-refractivity contribution < 1.29 is 13.9 Å². The highest BCUT2D eigenvalue weighted by molar-refractivity contribution is 5.88. The zero-order chi connectivity index (χ0) is 13.8. The van der Waals surface area contributed by atoms with Crippen molar-refractivity contribution in [1.29, 1.82) is 0 Å². The number of rotatable bonds is 3. The minimum absolute atomic E-state index is 0.241. The summed E-state index contributed by atoms with van der Waals surface area (Å²) in [4.78, 5) is 36.0. The average molecular weight is 261 g/mol. The summed E-state index contributed by atoms with van der Waals surface area (Å²) in [5.74, 6) is -1.26. The lowest BCUT2D eigenvalue weighted by Crippen LogP contribution is -2.14. The number of carbonyl (C=O) groups is 1. The molecule has 0 saturated carbocycles. The van der Waals surface area contributed by atoms with Gasteiger partial charge in [-0.05, 0) is 30.7 Å². The molecule has 0 radical (unpaired) electrons. The van der Waals surface area contributed by atoms with Crippen LogP contribution in [0.3, 0.4) is 0 Å². The zero-order valence-electron chi connectivity index (χ0n) is 10.1. The first kappa shape index (κ1) is 12.8. The molecule has 1 N–H and O–H groups in total. The topological polar surface area (TPSA) is 89.4 Å². The molecule has 0 fully saturated rings. The van der Waals surface area contributed by atoms with Crippen LogP contribution in [0.15, 0.2) is 38.3 Å². The van der Waals surface area contributed by atoms with Crippen molar-refractivity contribution in [2.24, 2.45) is 0 Å². The Morgan fingerprint density at radius 2 is 2.21 bits per heavy atom. The molecule has 19 heavy (non-hydrogen) atoms. The molecule has 2 rings (SSSR count). The second kappa shape index (κ2) is 5.34.